The second-order valence-corrected chi connectivity index (χ2v) is 2.44. The smallest absolute Gasteiger partial charge is 0.225 e. The zero-order chi connectivity index (χ0) is 9.68. The molecule has 0 fully saturated rings. The lowest BCUT2D eigenvalue weighted by molar-refractivity contribution is 0.305. The van der Waals surface area contributed by atoms with Gasteiger partial charge in [0.05, 0.1) is 6.61 Å². The normalized spacial score (nSPS) is 9.69. The van der Waals surface area contributed by atoms with Gasteiger partial charge in [-0.2, -0.15) is 9.97 Å². The number of hydrogen-bond donors (Lipinski definition) is 3. The van der Waals surface area contributed by atoms with E-state index in [0.717, 1.165) is 6.42 Å². The summed E-state index contributed by atoms with van der Waals surface area (Å²) in [4.78, 5) is 7.68. The average Bonchev–Trinajstić information content (AvgIpc) is 2.14. The summed E-state index contributed by atoms with van der Waals surface area (Å²) in [6.07, 6.45) is 0.912. The summed E-state index contributed by atoms with van der Waals surface area (Å²) in [5, 5.41) is 0. The Balaban J connectivity index is 2.76. The molecule has 0 unspecified atom stereocenters. The second kappa shape index (κ2) is 4.46. The molecule has 72 valence electrons. The molecule has 0 spiro atoms. The zero-order valence-electron chi connectivity index (χ0n) is 7.45. The number of hydrogen-bond acceptors (Lipinski definition) is 6. The van der Waals surface area contributed by atoms with E-state index in [-0.39, 0.29) is 5.95 Å². The molecule has 0 amide bonds. The first-order chi connectivity index (χ1) is 6.26. The minimum atomic E-state index is 0.140. The van der Waals surface area contributed by atoms with Crippen LogP contribution in [0.3, 0.4) is 0 Å². The van der Waals surface area contributed by atoms with Crippen LogP contribution >= 0.6 is 0 Å². The van der Waals surface area contributed by atoms with E-state index in [4.69, 9.17) is 16.3 Å². The second-order valence-electron chi connectivity index (χ2n) is 2.44. The number of aromatic nitrogens is 2. The number of nitrogen functional groups attached to an aromatic ring is 2. The van der Waals surface area contributed by atoms with Gasteiger partial charge in [0.1, 0.15) is 5.82 Å². The van der Waals surface area contributed by atoms with Crippen LogP contribution in [0.4, 0.5) is 11.8 Å². The Labute approximate surface area is 76.3 Å². The Morgan fingerprint density at radius 3 is 2.92 bits per heavy atom. The highest BCUT2D eigenvalue weighted by atomic mass is 16.5. The summed E-state index contributed by atoms with van der Waals surface area (Å²) in [5.41, 5.74) is 7.78. The number of hydrazine groups is 1. The highest BCUT2D eigenvalue weighted by Gasteiger charge is 2.00. The van der Waals surface area contributed by atoms with Gasteiger partial charge >= 0.3 is 0 Å². The molecule has 0 bridgehead atoms. The third kappa shape index (κ3) is 2.75. The molecule has 6 nitrogen and oxygen atoms in total. The maximum Gasteiger partial charge on any atom is 0.225 e. The van der Waals surface area contributed by atoms with Crippen LogP contribution in [0, 0.1) is 0 Å². The maximum absolute atomic E-state index is 5.41. The number of nitrogens with two attached hydrogens (primary N) is 2. The van der Waals surface area contributed by atoms with Crippen molar-refractivity contribution in [3.63, 3.8) is 0 Å². The van der Waals surface area contributed by atoms with Gasteiger partial charge in [-0.05, 0) is 6.42 Å². The Morgan fingerprint density at radius 1 is 1.54 bits per heavy atom. The van der Waals surface area contributed by atoms with E-state index in [1.54, 1.807) is 6.07 Å². The summed E-state index contributed by atoms with van der Waals surface area (Å²) < 4.78 is 5.25. The molecule has 6 heteroatoms. The molecule has 0 atom stereocenters. The van der Waals surface area contributed by atoms with Crippen molar-refractivity contribution in [1.29, 1.82) is 0 Å². The van der Waals surface area contributed by atoms with Crippen LogP contribution in [0.5, 0.6) is 5.88 Å². The van der Waals surface area contributed by atoms with Crippen LogP contribution in [0.25, 0.3) is 0 Å². The SMILES string of the molecule is CCCOc1cc(NN)nc(N)n1. The van der Waals surface area contributed by atoms with Gasteiger partial charge in [-0.3, -0.25) is 0 Å². The molecule has 1 rings (SSSR count). The lowest BCUT2D eigenvalue weighted by atomic mass is 10.5. The van der Waals surface area contributed by atoms with E-state index in [1.165, 1.54) is 0 Å². The average molecular weight is 183 g/mol. The van der Waals surface area contributed by atoms with Crippen LogP contribution in [-0.4, -0.2) is 16.6 Å². The molecular formula is C7H13N5O. The van der Waals surface area contributed by atoms with E-state index in [0.29, 0.717) is 18.3 Å². The molecule has 0 radical (unpaired) electrons. The first-order valence-corrected chi connectivity index (χ1v) is 4.00. The molecule has 0 aliphatic carbocycles. The number of rotatable bonds is 4. The van der Waals surface area contributed by atoms with E-state index >= 15 is 0 Å². The lowest BCUT2D eigenvalue weighted by Gasteiger charge is -2.05. The van der Waals surface area contributed by atoms with Crippen molar-refractivity contribution in [2.45, 2.75) is 13.3 Å². The van der Waals surface area contributed by atoms with Crippen molar-refractivity contribution in [2.75, 3.05) is 17.8 Å². The molecule has 5 N–H and O–H groups in total. The van der Waals surface area contributed by atoms with Crippen LogP contribution in [0.1, 0.15) is 13.3 Å². The Bertz CT molecular complexity index is 278. The molecule has 0 aliphatic rings. The standard InChI is InChI=1S/C7H13N5O/c1-2-3-13-6-4-5(12-9)10-7(8)11-6/h4H,2-3,9H2,1H3,(H3,8,10,11,12). The quantitative estimate of drug-likeness (QED) is 0.453. The fraction of sp³-hybridized carbons (Fsp3) is 0.429. The summed E-state index contributed by atoms with van der Waals surface area (Å²) >= 11 is 0. The summed E-state index contributed by atoms with van der Waals surface area (Å²) in [6.45, 7) is 2.60. The van der Waals surface area contributed by atoms with Crippen molar-refractivity contribution in [3.8, 4) is 5.88 Å². The van der Waals surface area contributed by atoms with Crippen molar-refractivity contribution in [3.05, 3.63) is 6.07 Å². The fourth-order valence-corrected chi connectivity index (χ4v) is 0.797. The third-order valence-corrected chi connectivity index (χ3v) is 1.32. The molecule has 1 aromatic heterocycles. The van der Waals surface area contributed by atoms with Crippen LogP contribution in [0.15, 0.2) is 6.07 Å². The Morgan fingerprint density at radius 2 is 2.31 bits per heavy atom. The number of nitrogens with one attached hydrogen (secondary N) is 1. The number of ether oxygens (including phenoxy) is 1. The Hall–Kier alpha value is -1.56. The minimum Gasteiger partial charge on any atom is -0.477 e. The fourth-order valence-electron chi connectivity index (χ4n) is 0.797. The molecule has 0 saturated heterocycles. The van der Waals surface area contributed by atoms with Crippen LogP contribution < -0.4 is 21.7 Å². The number of anilines is 2. The molecule has 0 saturated carbocycles. The largest absolute Gasteiger partial charge is 0.477 e. The van der Waals surface area contributed by atoms with E-state index < -0.39 is 0 Å². The maximum atomic E-state index is 5.41. The van der Waals surface area contributed by atoms with Crippen molar-refractivity contribution in [1.82, 2.24) is 9.97 Å². The van der Waals surface area contributed by atoms with Gasteiger partial charge in [0, 0.05) is 6.07 Å². The highest BCUT2D eigenvalue weighted by molar-refractivity contribution is 5.41. The van der Waals surface area contributed by atoms with E-state index in [2.05, 4.69) is 15.4 Å². The van der Waals surface area contributed by atoms with Gasteiger partial charge in [0.15, 0.2) is 0 Å². The van der Waals surface area contributed by atoms with Gasteiger partial charge in [0.2, 0.25) is 11.8 Å². The Kier molecular flexibility index (Phi) is 3.27. The van der Waals surface area contributed by atoms with E-state index in [1.807, 2.05) is 6.92 Å². The molecule has 13 heavy (non-hydrogen) atoms. The van der Waals surface area contributed by atoms with Crippen LogP contribution in [-0.2, 0) is 0 Å². The van der Waals surface area contributed by atoms with Gasteiger partial charge in [-0.25, -0.2) is 5.84 Å². The van der Waals surface area contributed by atoms with Crippen molar-refractivity contribution >= 4 is 11.8 Å². The van der Waals surface area contributed by atoms with Gasteiger partial charge in [-0.15, -0.1) is 0 Å². The molecule has 1 heterocycles. The van der Waals surface area contributed by atoms with Gasteiger partial charge in [0.25, 0.3) is 0 Å². The molecule has 1 aromatic rings. The van der Waals surface area contributed by atoms with Crippen molar-refractivity contribution < 1.29 is 4.74 Å². The topological polar surface area (TPSA) is 99.1 Å². The number of nitrogens with zero attached hydrogens (tertiary/aromatic N) is 2. The third-order valence-electron chi connectivity index (χ3n) is 1.32. The van der Waals surface area contributed by atoms with Crippen molar-refractivity contribution in [2.24, 2.45) is 5.84 Å². The van der Waals surface area contributed by atoms with Crippen LogP contribution in [0.2, 0.25) is 0 Å². The predicted molar refractivity (Wildman–Crippen MR) is 50.0 cm³/mol. The molecule has 0 aliphatic heterocycles. The summed E-state index contributed by atoms with van der Waals surface area (Å²) in [7, 11) is 0. The first kappa shape index (κ1) is 9.53. The summed E-state index contributed by atoms with van der Waals surface area (Å²) in [6, 6.07) is 1.59. The monoisotopic (exact) mass is 183 g/mol. The van der Waals surface area contributed by atoms with E-state index in [9.17, 15) is 0 Å². The summed E-state index contributed by atoms with van der Waals surface area (Å²) in [5.74, 6) is 6.18. The zero-order valence-corrected chi connectivity index (χ0v) is 7.45. The van der Waals surface area contributed by atoms with Gasteiger partial charge < -0.3 is 15.9 Å². The highest BCUT2D eigenvalue weighted by Crippen LogP contribution is 2.13. The lowest BCUT2D eigenvalue weighted by Crippen LogP contribution is -2.11. The minimum absolute atomic E-state index is 0.140. The molecule has 0 aromatic carbocycles. The molecular weight excluding hydrogens is 170 g/mol. The predicted octanol–water partition coefficient (Wildman–Crippen LogP) is 0.133. The first-order valence-electron chi connectivity index (χ1n) is 4.00. The van der Waals surface area contributed by atoms with Gasteiger partial charge in [-0.1, -0.05) is 6.92 Å².